The molecule has 7 nitrogen and oxygen atoms in total. The summed E-state index contributed by atoms with van der Waals surface area (Å²) in [6, 6.07) is 8.60. The number of rotatable bonds is 5. The minimum Gasteiger partial charge on any atom is -0.347 e. The fourth-order valence-corrected chi connectivity index (χ4v) is 5.36. The lowest BCUT2D eigenvalue weighted by Gasteiger charge is -2.20. The number of hydrogen-bond acceptors (Lipinski definition) is 4. The number of nitrogens with zero attached hydrogens (tertiary/aromatic N) is 3. The normalized spacial score (nSPS) is 19.3. The van der Waals surface area contributed by atoms with E-state index in [0.29, 0.717) is 5.56 Å². The summed E-state index contributed by atoms with van der Waals surface area (Å²) in [6.07, 6.45) is -1.93. The van der Waals surface area contributed by atoms with Crippen LogP contribution in [0.15, 0.2) is 66.1 Å². The highest BCUT2D eigenvalue weighted by Gasteiger charge is 2.42. The molecule has 0 radical (unpaired) electrons. The van der Waals surface area contributed by atoms with Crippen molar-refractivity contribution in [3.63, 3.8) is 0 Å². The maximum absolute atomic E-state index is 13.4. The molecule has 4 rings (SSSR count). The van der Waals surface area contributed by atoms with Crippen LogP contribution in [-0.4, -0.2) is 47.3 Å². The zero-order valence-electron chi connectivity index (χ0n) is 17.8. The van der Waals surface area contributed by atoms with Gasteiger partial charge in [0.05, 0.1) is 17.9 Å². The molecule has 1 aromatic heterocycles. The second kappa shape index (κ2) is 8.84. The molecule has 0 saturated carbocycles. The molecule has 12 heteroatoms. The molecule has 34 heavy (non-hydrogen) atoms. The van der Waals surface area contributed by atoms with Gasteiger partial charge in [-0.15, -0.1) is 0 Å². The molecule has 1 saturated heterocycles. The van der Waals surface area contributed by atoms with E-state index in [1.54, 1.807) is 7.05 Å². The van der Waals surface area contributed by atoms with E-state index in [1.807, 2.05) is 0 Å². The average molecular weight is 496 g/mol. The summed E-state index contributed by atoms with van der Waals surface area (Å²) in [7, 11) is -2.38. The summed E-state index contributed by atoms with van der Waals surface area (Å²) in [6.45, 7) is -0.163. The van der Waals surface area contributed by atoms with Crippen molar-refractivity contribution in [1.29, 1.82) is 0 Å². The van der Waals surface area contributed by atoms with Crippen LogP contribution in [0.1, 0.15) is 27.4 Å². The number of hydrogen-bond donors (Lipinski definition) is 1. The first-order valence-electron chi connectivity index (χ1n) is 10.2. The fraction of sp³-hybridized carbons (Fsp3) is 0.273. The van der Waals surface area contributed by atoms with Crippen LogP contribution < -0.4 is 5.32 Å². The number of sulfonamides is 1. The molecule has 0 unspecified atom stereocenters. The van der Waals surface area contributed by atoms with Gasteiger partial charge in [0.2, 0.25) is 0 Å². The van der Waals surface area contributed by atoms with Gasteiger partial charge in [-0.2, -0.15) is 17.5 Å². The van der Waals surface area contributed by atoms with Crippen LogP contribution in [0.4, 0.5) is 17.6 Å². The van der Waals surface area contributed by atoms with Crippen LogP contribution in [0, 0.1) is 5.82 Å². The van der Waals surface area contributed by atoms with Crippen molar-refractivity contribution in [3.8, 4) is 0 Å². The first kappa shape index (κ1) is 23.9. The summed E-state index contributed by atoms with van der Waals surface area (Å²) >= 11 is 0. The number of aryl methyl sites for hydroxylation is 1. The molecule has 2 heterocycles. The standard InChI is InChI=1S/C22H20F4N4O3S/c1-29-12-20(27-13-29)34(32,33)30-10-18(14-5-7-17(23)8-6-14)19(11-30)28-21(31)15-3-2-4-16(9-15)22(24,25)26/h2-9,12-13,18-19H,10-11H2,1H3,(H,28,31)/t18-,19+/m1/s1. The Morgan fingerprint density at radius 3 is 2.44 bits per heavy atom. The second-order valence-corrected chi connectivity index (χ2v) is 9.90. The first-order chi connectivity index (χ1) is 15.9. The number of carbonyl (C=O) groups excluding carboxylic acids is 1. The zero-order chi connectivity index (χ0) is 24.7. The second-order valence-electron chi connectivity index (χ2n) is 8.02. The number of carbonyl (C=O) groups is 1. The monoisotopic (exact) mass is 496 g/mol. The Morgan fingerprint density at radius 1 is 1.12 bits per heavy atom. The zero-order valence-corrected chi connectivity index (χ0v) is 18.6. The van der Waals surface area contributed by atoms with E-state index in [2.05, 4.69) is 10.3 Å². The summed E-state index contributed by atoms with van der Waals surface area (Å²) < 4.78 is 81.4. The highest BCUT2D eigenvalue weighted by molar-refractivity contribution is 7.89. The number of aromatic nitrogens is 2. The van der Waals surface area contributed by atoms with Crippen molar-refractivity contribution < 1.29 is 30.8 Å². The molecule has 0 bridgehead atoms. The van der Waals surface area contributed by atoms with Gasteiger partial charge in [-0.05, 0) is 35.9 Å². The topological polar surface area (TPSA) is 84.3 Å². The molecular weight excluding hydrogens is 476 g/mol. The number of nitrogens with one attached hydrogen (secondary N) is 1. The summed E-state index contributed by atoms with van der Waals surface area (Å²) in [4.78, 5) is 16.7. The number of alkyl halides is 3. The van der Waals surface area contributed by atoms with Crippen molar-refractivity contribution in [2.75, 3.05) is 13.1 Å². The van der Waals surface area contributed by atoms with E-state index in [4.69, 9.17) is 0 Å². The predicted molar refractivity (Wildman–Crippen MR) is 114 cm³/mol. The Kier molecular flexibility index (Phi) is 6.21. The predicted octanol–water partition coefficient (Wildman–Crippen LogP) is 3.16. The third-order valence-electron chi connectivity index (χ3n) is 5.64. The molecule has 2 aromatic carbocycles. The van der Waals surface area contributed by atoms with Gasteiger partial charge < -0.3 is 9.88 Å². The van der Waals surface area contributed by atoms with Gasteiger partial charge in [0.15, 0.2) is 5.03 Å². The molecule has 1 aliphatic heterocycles. The smallest absolute Gasteiger partial charge is 0.347 e. The Bertz CT molecular complexity index is 1310. The minimum atomic E-state index is -4.62. The summed E-state index contributed by atoms with van der Waals surface area (Å²) in [5, 5.41) is 2.50. The van der Waals surface area contributed by atoms with Crippen LogP contribution in [-0.2, 0) is 23.2 Å². The fourth-order valence-electron chi connectivity index (χ4n) is 3.90. The molecule has 1 fully saturated rings. The number of imidazole rings is 1. The molecule has 1 N–H and O–H groups in total. The molecule has 2 atom stereocenters. The lowest BCUT2D eigenvalue weighted by Crippen LogP contribution is -2.40. The highest BCUT2D eigenvalue weighted by Crippen LogP contribution is 2.32. The molecule has 1 amide bonds. The van der Waals surface area contributed by atoms with Crippen molar-refractivity contribution >= 4 is 15.9 Å². The Labute approximate surface area is 193 Å². The van der Waals surface area contributed by atoms with Crippen molar-refractivity contribution in [2.45, 2.75) is 23.2 Å². The SMILES string of the molecule is Cn1cnc(S(=O)(=O)N2C[C@H](NC(=O)c3cccc(C(F)(F)F)c3)[C@@H](c3ccc(F)cc3)C2)c1. The Hall–Kier alpha value is -3.25. The van der Waals surface area contributed by atoms with E-state index in [9.17, 15) is 30.8 Å². The van der Waals surface area contributed by atoms with E-state index >= 15 is 0 Å². The number of amides is 1. The number of halogens is 4. The summed E-state index contributed by atoms with van der Waals surface area (Å²) in [5.74, 6) is -1.82. The lowest BCUT2D eigenvalue weighted by atomic mass is 9.94. The van der Waals surface area contributed by atoms with Gasteiger partial charge in [-0.1, -0.05) is 18.2 Å². The third-order valence-corrected chi connectivity index (χ3v) is 7.36. The molecule has 3 aromatic rings. The molecule has 180 valence electrons. The van der Waals surface area contributed by atoms with E-state index in [-0.39, 0.29) is 23.7 Å². The third kappa shape index (κ3) is 4.82. The van der Waals surface area contributed by atoms with Crippen LogP contribution >= 0.6 is 0 Å². The van der Waals surface area contributed by atoms with Crippen molar-refractivity contribution in [3.05, 3.63) is 83.6 Å². The van der Waals surface area contributed by atoms with Crippen molar-refractivity contribution in [1.82, 2.24) is 19.2 Å². The van der Waals surface area contributed by atoms with E-state index in [1.165, 1.54) is 47.4 Å². The maximum Gasteiger partial charge on any atom is 0.416 e. The van der Waals surface area contributed by atoms with Crippen LogP contribution in [0.25, 0.3) is 0 Å². The molecule has 0 spiro atoms. The number of benzene rings is 2. The van der Waals surface area contributed by atoms with Crippen LogP contribution in [0.2, 0.25) is 0 Å². The summed E-state index contributed by atoms with van der Waals surface area (Å²) in [5.41, 5.74) is -0.603. The average Bonchev–Trinajstić information content (AvgIpc) is 3.41. The van der Waals surface area contributed by atoms with Gasteiger partial charge in [-0.3, -0.25) is 4.79 Å². The first-order valence-corrected chi connectivity index (χ1v) is 11.6. The van der Waals surface area contributed by atoms with Crippen molar-refractivity contribution in [2.24, 2.45) is 7.05 Å². The quantitative estimate of drug-likeness (QED) is 0.550. The lowest BCUT2D eigenvalue weighted by molar-refractivity contribution is -0.137. The molecular formula is C22H20F4N4O3S. The van der Waals surface area contributed by atoms with Crippen LogP contribution in [0.5, 0.6) is 0 Å². The van der Waals surface area contributed by atoms with Gasteiger partial charge in [-0.25, -0.2) is 17.8 Å². The van der Waals surface area contributed by atoms with Gasteiger partial charge in [0.1, 0.15) is 5.82 Å². The van der Waals surface area contributed by atoms with E-state index in [0.717, 1.165) is 22.5 Å². The minimum absolute atomic E-state index is 0.0297. The largest absolute Gasteiger partial charge is 0.416 e. The maximum atomic E-state index is 13.4. The van der Waals surface area contributed by atoms with Gasteiger partial charge >= 0.3 is 6.18 Å². The highest BCUT2D eigenvalue weighted by atomic mass is 32.2. The molecule has 0 aliphatic carbocycles. The van der Waals surface area contributed by atoms with E-state index < -0.39 is 45.4 Å². The van der Waals surface area contributed by atoms with Gasteiger partial charge in [0.25, 0.3) is 15.9 Å². The Balaban J connectivity index is 1.63. The van der Waals surface area contributed by atoms with Crippen LogP contribution in [0.3, 0.4) is 0 Å². The van der Waals surface area contributed by atoms with Gasteiger partial charge in [0, 0.05) is 37.8 Å². The molecule has 1 aliphatic rings. The Morgan fingerprint density at radius 2 is 1.82 bits per heavy atom.